The van der Waals surface area contributed by atoms with Crippen LogP contribution in [0, 0.1) is 5.92 Å². The van der Waals surface area contributed by atoms with Gasteiger partial charge in [0.15, 0.2) is 0 Å². The highest BCUT2D eigenvalue weighted by atomic mass is 19.5. The Morgan fingerprint density at radius 3 is 1.53 bits per heavy atom. The third-order valence-electron chi connectivity index (χ3n) is 3.40. The molecule has 0 heterocycles. The maximum atomic E-state index is 9.75. The number of quaternary nitrogens is 1. The second-order valence-corrected chi connectivity index (χ2v) is 4.46. The Bertz CT molecular complexity index is 175. The Balaban J connectivity index is 0. The van der Waals surface area contributed by atoms with E-state index in [4.69, 9.17) is 0 Å². The average Bonchev–Trinajstić information content (AvgIpc) is 2.22. The molecule has 0 radical (unpaired) electrons. The summed E-state index contributed by atoms with van der Waals surface area (Å²) >= 11 is 0. The molecule has 0 amide bonds. The summed E-state index contributed by atoms with van der Waals surface area (Å²) in [5.74, 6) is 0.831. The van der Waals surface area contributed by atoms with Crippen LogP contribution in [0.5, 0.6) is 0 Å². The van der Waals surface area contributed by atoms with E-state index in [1.54, 1.807) is 0 Å². The van der Waals surface area contributed by atoms with Crippen molar-refractivity contribution >= 4 is 7.25 Å². The van der Waals surface area contributed by atoms with Crippen molar-refractivity contribution in [2.75, 3.05) is 0 Å². The fraction of sp³-hybridized carbons (Fsp3) is 1.00. The molecule has 0 aromatic carbocycles. The van der Waals surface area contributed by atoms with Gasteiger partial charge < -0.3 is 23.0 Å². The van der Waals surface area contributed by atoms with Crippen molar-refractivity contribution in [2.24, 2.45) is 5.92 Å². The van der Waals surface area contributed by atoms with E-state index in [-0.39, 0.29) is 0 Å². The van der Waals surface area contributed by atoms with E-state index < -0.39 is 7.25 Å². The van der Waals surface area contributed by atoms with Crippen LogP contribution in [0.2, 0.25) is 0 Å². The minimum absolute atomic E-state index is 0.352. The highest BCUT2D eigenvalue weighted by molar-refractivity contribution is 6.50. The molecular formula is C11H26BF4N. The predicted octanol–water partition coefficient (Wildman–Crippen LogP) is 3.91. The quantitative estimate of drug-likeness (QED) is 0.553. The van der Waals surface area contributed by atoms with Crippen LogP contribution in [0.15, 0.2) is 0 Å². The van der Waals surface area contributed by atoms with Crippen molar-refractivity contribution in [2.45, 2.75) is 65.3 Å². The summed E-state index contributed by atoms with van der Waals surface area (Å²) in [6.45, 7) is 9.11. The summed E-state index contributed by atoms with van der Waals surface area (Å²) in [5.41, 5.74) is 4.75. The zero-order valence-corrected chi connectivity index (χ0v) is 11.4. The van der Waals surface area contributed by atoms with E-state index in [1.807, 2.05) is 0 Å². The number of hydrogen-bond acceptors (Lipinski definition) is 0. The van der Waals surface area contributed by atoms with E-state index in [0.717, 1.165) is 5.92 Å². The first kappa shape index (κ1) is 19.1. The van der Waals surface area contributed by atoms with Gasteiger partial charge in [-0.1, -0.05) is 34.1 Å². The molecule has 0 aliphatic rings. The number of rotatable bonds is 6. The molecule has 0 aliphatic heterocycles. The first-order valence-electron chi connectivity index (χ1n) is 6.37. The second-order valence-electron chi connectivity index (χ2n) is 4.46. The molecule has 3 N–H and O–H groups in total. The summed E-state index contributed by atoms with van der Waals surface area (Å²) in [4.78, 5) is 0. The van der Waals surface area contributed by atoms with Gasteiger partial charge in [0.05, 0.1) is 5.54 Å². The predicted molar refractivity (Wildman–Crippen MR) is 65.1 cm³/mol. The number of hydrogen-bond donors (Lipinski definition) is 1. The molecule has 0 aliphatic carbocycles. The molecule has 0 aromatic rings. The van der Waals surface area contributed by atoms with E-state index >= 15 is 0 Å². The third-order valence-corrected chi connectivity index (χ3v) is 3.40. The van der Waals surface area contributed by atoms with Gasteiger partial charge in [0.25, 0.3) is 0 Å². The molecule has 0 aromatic heterocycles. The van der Waals surface area contributed by atoms with Crippen molar-refractivity contribution in [3.8, 4) is 0 Å². The van der Waals surface area contributed by atoms with Crippen LogP contribution in [0.3, 0.4) is 0 Å². The van der Waals surface area contributed by atoms with Crippen molar-refractivity contribution in [3.63, 3.8) is 0 Å². The molecule has 0 spiro atoms. The zero-order valence-electron chi connectivity index (χ0n) is 11.4. The zero-order chi connectivity index (χ0) is 14.1. The standard InChI is InChI=1S/C11H25N.BF4/c1-5-9-10(6-2)11(12,7-3)8-4;2-1(3,4)5/h10H,5-9,12H2,1-4H3;/q;-1/p+1. The van der Waals surface area contributed by atoms with E-state index in [0.29, 0.717) is 5.54 Å². The average molecular weight is 259 g/mol. The lowest BCUT2D eigenvalue weighted by Crippen LogP contribution is -2.75. The third kappa shape index (κ3) is 10.6. The lowest BCUT2D eigenvalue weighted by atomic mass is 9.76. The lowest BCUT2D eigenvalue weighted by Gasteiger charge is -2.31. The summed E-state index contributed by atoms with van der Waals surface area (Å²) in [6, 6.07) is 0. The lowest BCUT2D eigenvalue weighted by molar-refractivity contribution is -0.495. The monoisotopic (exact) mass is 259 g/mol. The number of halogens is 4. The van der Waals surface area contributed by atoms with Gasteiger partial charge in [0.1, 0.15) is 0 Å². The molecule has 17 heavy (non-hydrogen) atoms. The fourth-order valence-corrected chi connectivity index (χ4v) is 2.12. The highest BCUT2D eigenvalue weighted by Crippen LogP contribution is 2.27. The van der Waals surface area contributed by atoms with Crippen LogP contribution in [-0.4, -0.2) is 12.8 Å². The van der Waals surface area contributed by atoms with Gasteiger partial charge in [-0.05, 0) is 25.7 Å². The van der Waals surface area contributed by atoms with E-state index in [9.17, 15) is 17.3 Å². The molecule has 0 saturated heterocycles. The van der Waals surface area contributed by atoms with Gasteiger partial charge in [-0.3, -0.25) is 0 Å². The van der Waals surface area contributed by atoms with Gasteiger partial charge in [-0.2, -0.15) is 0 Å². The Hall–Kier alpha value is -0.255. The van der Waals surface area contributed by atoms with Crippen LogP contribution >= 0.6 is 0 Å². The van der Waals surface area contributed by atoms with Crippen molar-refractivity contribution in [1.29, 1.82) is 0 Å². The molecule has 0 fully saturated rings. The van der Waals surface area contributed by atoms with Crippen LogP contribution in [0.25, 0.3) is 0 Å². The molecule has 106 valence electrons. The normalized spacial score (nSPS) is 13.9. The largest absolute Gasteiger partial charge is 0.673 e. The summed E-state index contributed by atoms with van der Waals surface area (Å²) in [6.07, 6.45) is 6.39. The van der Waals surface area contributed by atoms with Gasteiger partial charge in [0, 0.05) is 5.92 Å². The maximum absolute atomic E-state index is 9.75. The van der Waals surface area contributed by atoms with Gasteiger partial charge in [-0.15, -0.1) is 0 Å². The summed E-state index contributed by atoms with van der Waals surface area (Å²) in [7, 11) is -6.00. The SMILES string of the molecule is CCCC(CC)C([NH3+])(CC)CC.F[B-](F)(F)F. The minimum Gasteiger partial charge on any atom is -0.418 e. The van der Waals surface area contributed by atoms with Crippen molar-refractivity contribution < 1.29 is 23.0 Å². The van der Waals surface area contributed by atoms with Crippen molar-refractivity contribution in [3.05, 3.63) is 0 Å². The van der Waals surface area contributed by atoms with E-state index in [2.05, 4.69) is 33.4 Å². The maximum Gasteiger partial charge on any atom is 0.673 e. The molecule has 6 heteroatoms. The van der Waals surface area contributed by atoms with Gasteiger partial charge >= 0.3 is 7.25 Å². The first-order chi connectivity index (χ1) is 7.64. The Morgan fingerprint density at radius 1 is 1.00 bits per heavy atom. The van der Waals surface area contributed by atoms with Crippen LogP contribution in [0.4, 0.5) is 17.3 Å². The van der Waals surface area contributed by atoms with Crippen molar-refractivity contribution in [1.82, 2.24) is 0 Å². The Kier molecular flexibility index (Phi) is 9.86. The van der Waals surface area contributed by atoms with E-state index in [1.165, 1.54) is 32.1 Å². The van der Waals surface area contributed by atoms with Gasteiger partial charge in [-0.25, -0.2) is 0 Å². The summed E-state index contributed by atoms with van der Waals surface area (Å²) < 4.78 is 39.0. The molecule has 1 unspecified atom stereocenters. The van der Waals surface area contributed by atoms with Crippen LogP contribution in [0.1, 0.15) is 59.8 Å². The van der Waals surface area contributed by atoms with Gasteiger partial charge in [0.2, 0.25) is 0 Å². The molecule has 0 bridgehead atoms. The molecular weight excluding hydrogens is 233 g/mol. The topological polar surface area (TPSA) is 27.6 Å². The minimum atomic E-state index is -6.00. The Morgan fingerprint density at radius 2 is 1.35 bits per heavy atom. The molecule has 1 atom stereocenters. The second kappa shape index (κ2) is 8.78. The fourth-order valence-electron chi connectivity index (χ4n) is 2.12. The first-order valence-corrected chi connectivity index (χ1v) is 6.37. The molecule has 0 rings (SSSR count). The molecule has 1 nitrogen and oxygen atoms in total. The summed E-state index contributed by atoms with van der Waals surface area (Å²) in [5, 5.41) is 0. The highest BCUT2D eigenvalue weighted by Gasteiger charge is 2.33. The Labute approximate surface area is 102 Å². The van der Waals surface area contributed by atoms with Crippen LogP contribution in [-0.2, 0) is 0 Å². The smallest absolute Gasteiger partial charge is 0.418 e. The molecule has 0 saturated carbocycles. The van der Waals surface area contributed by atoms with Crippen LogP contribution < -0.4 is 5.73 Å².